The molecule has 0 aliphatic rings. The first kappa shape index (κ1) is 21.1. The van der Waals surface area contributed by atoms with Crippen LogP contribution in [0.15, 0.2) is 72.8 Å². The Morgan fingerprint density at radius 1 is 0.633 bits per heavy atom. The summed E-state index contributed by atoms with van der Waals surface area (Å²) in [6.07, 6.45) is 1.84. The number of hydrogen-bond donors (Lipinski definition) is 0. The third kappa shape index (κ3) is 5.70. The molecule has 0 aromatic heterocycles. The van der Waals surface area contributed by atoms with Crippen molar-refractivity contribution in [2.45, 2.75) is 26.7 Å². The molecule has 5 nitrogen and oxygen atoms in total. The van der Waals surface area contributed by atoms with Crippen molar-refractivity contribution in [3.05, 3.63) is 89.5 Å². The van der Waals surface area contributed by atoms with Gasteiger partial charge in [-0.3, -0.25) is 0 Å². The summed E-state index contributed by atoms with van der Waals surface area (Å²) in [4.78, 5) is 24.6. The Bertz CT molecular complexity index is 974. The first-order valence-corrected chi connectivity index (χ1v) is 9.95. The lowest BCUT2D eigenvalue weighted by Gasteiger charge is -2.08. The molecule has 0 bridgehead atoms. The zero-order valence-electron chi connectivity index (χ0n) is 17.1. The molecule has 5 heteroatoms. The maximum Gasteiger partial charge on any atom is 0.343 e. The van der Waals surface area contributed by atoms with Crippen LogP contribution in [0.4, 0.5) is 0 Å². The fourth-order valence-electron chi connectivity index (χ4n) is 2.69. The molecule has 3 rings (SSSR count). The molecule has 3 aromatic rings. The van der Waals surface area contributed by atoms with E-state index in [0.29, 0.717) is 35.0 Å². The van der Waals surface area contributed by atoms with E-state index in [1.807, 2.05) is 19.1 Å². The summed E-state index contributed by atoms with van der Waals surface area (Å²) in [5.74, 6) is 0.581. The summed E-state index contributed by atoms with van der Waals surface area (Å²) in [6.45, 7) is 4.72. The molecule has 0 N–H and O–H groups in total. The van der Waals surface area contributed by atoms with Gasteiger partial charge in [0.2, 0.25) is 0 Å². The Hall–Kier alpha value is -3.60. The highest BCUT2D eigenvalue weighted by molar-refractivity contribution is 5.92. The van der Waals surface area contributed by atoms with Crippen molar-refractivity contribution in [2.24, 2.45) is 0 Å². The molecule has 3 aromatic carbocycles. The minimum atomic E-state index is -0.483. The quantitative estimate of drug-likeness (QED) is 0.368. The van der Waals surface area contributed by atoms with Crippen LogP contribution in [0.25, 0.3) is 0 Å². The van der Waals surface area contributed by atoms with Crippen molar-refractivity contribution < 1.29 is 23.8 Å². The van der Waals surface area contributed by atoms with Crippen LogP contribution in [0.1, 0.15) is 46.5 Å². The molecule has 0 fully saturated rings. The SMILES string of the molecule is CCCOc1ccc(C(=O)Oc2ccc(C(=O)Oc3ccc(CC)cc3)cc2)cc1. The van der Waals surface area contributed by atoms with Gasteiger partial charge in [0.15, 0.2) is 0 Å². The van der Waals surface area contributed by atoms with Crippen molar-refractivity contribution in [1.82, 2.24) is 0 Å². The standard InChI is InChI=1S/C25H24O5/c1-3-17-28-21-13-7-19(8-14-21)24(26)30-23-15-9-20(10-16-23)25(27)29-22-11-5-18(4-2)6-12-22/h5-16H,3-4,17H2,1-2H3. The predicted molar refractivity (Wildman–Crippen MR) is 114 cm³/mol. The predicted octanol–water partition coefficient (Wildman–Crippen LogP) is 5.48. The molecule has 0 heterocycles. The van der Waals surface area contributed by atoms with Gasteiger partial charge in [-0.25, -0.2) is 9.59 Å². The third-order valence-electron chi connectivity index (χ3n) is 4.41. The second-order valence-corrected chi connectivity index (χ2v) is 6.67. The Kier molecular flexibility index (Phi) is 7.22. The van der Waals surface area contributed by atoms with Crippen LogP contribution in [0.3, 0.4) is 0 Å². The van der Waals surface area contributed by atoms with Gasteiger partial charge < -0.3 is 14.2 Å². The van der Waals surface area contributed by atoms with E-state index in [1.54, 1.807) is 60.7 Å². The smallest absolute Gasteiger partial charge is 0.343 e. The second-order valence-electron chi connectivity index (χ2n) is 6.67. The van der Waals surface area contributed by atoms with E-state index in [2.05, 4.69) is 6.92 Å². The van der Waals surface area contributed by atoms with Crippen molar-refractivity contribution in [2.75, 3.05) is 6.61 Å². The summed E-state index contributed by atoms with van der Waals surface area (Å²) < 4.78 is 16.2. The maximum atomic E-state index is 12.3. The number of ether oxygens (including phenoxy) is 3. The van der Waals surface area contributed by atoms with Gasteiger partial charge in [0.25, 0.3) is 0 Å². The van der Waals surface area contributed by atoms with Crippen LogP contribution >= 0.6 is 0 Å². The summed E-state index contributed by atoms with van der Waals surface area (Å²) in [5.41, 5.74) is 1.95. The van der Waals surface area contributed by atoms with Crippen LogP contribution < -0.4 is 14.2 Å². The van der Waals surface area contributed by atoms with E-state index in [4.69, 9.17) is 14.2 Å². The molecule has 0 saturated carbocycles. The highest BCUT2D eigenvalue weighted by Crippen LogP contribution is 2.19. The minimum absolute atomic E-state index is 0.343. The van der Waals surface area contributed by atoms with E-state index in [1.165, 1.54) is 5.56 Å². The van der Waals surface area contributed by atoms with Crippen LogP contribution in [0, 0.1) is 0 Å². The normalized spacial score (nSPS) is 10.3. The average molecular weight is 404 g/mol. The van der Waals surface area contributed by atoms with E-state index >= 15 is 0 Å². The Labute approximate surface area is 176 Å². The highest BCUT2D eigenvalue weighted by atomic mass is 16.5. The van der Waals surface area contributed by atoms with Gasteiger partial charge in [0.1, 0.15) is 17.2 Å². The van der Waals surface area contributed by atoms with Gasteiger partial charge in [0, 0.05) is 0 Å². The van der Waals surface area contributed by atoms with E-state index in [-0.39, 0.29) is 0 Å². The van der Waals surface area contributed by atoms with Crippen LogP contribution in [0.2, 0.25) is 0 Å². The molecule has 0 unspecified atom stereocenters. The molecule has 0 spiro atoms. The summed E-state index contributed by atoms with van der Waals surface area (Å²) in [7, 11) is 0. The minimum Gasteiger partial charge on any atom is -0.494 e. The number of aryl methyl sites for hydroxylation is 1. The molecule has 0 atom stereocenters. The molecule has 0 aliphatic heterocycles. The number of hydrogen-bond acceptors (Lipinski definition) is 5. The van der Waals surface area contributed by atoms with Crippen LogP contribution in [-0.2, 0) is 6.42 Å². The lowest BCUT2D eigenvalue weighted by atomic mass is 10.2. The molecule has 154 valence electrons. The van der Waals surface area contributed by atoms with Gasteiger partial charge in [-0.15, -0.1) is 0 Å². The second kappa shape index (κ2) is 10.3. The van der Waals surface area contributed by atoms with Gasteiger partial charge in [-0.05, 0) is 79.1 Å². The van der Waals surface area contributed by atoms with Crippen molar-refractivity contribution in [3.63, 3.8) is 0 Å². The number of esters is 2. The largest absolute Gasteiger partial charge is 0.494 e. The number of carbonyl (C=O) groups is 2. The number of rotatable bonds is 8. The zero-order chi connectivity index (χ0) is 21.3. The molecular formula is C25H24O5. The van der Waals surface area contributed by atoms with Crippen LogP contribution in [0.5, 0.6) is 17.2 Å². The summed E-state index contributed by atoms with van der Waals surface area (Å²) in [5, 5.41) is 0. The Morgan fingerprint density at radius 3 is 1.50 bits per heavy atom. The fourth-order valence-corrected chi connectivity index (χ4v) is 2.69. The number of benzene rings is 3. The monoisotopic (exact) mass is 404 g/mol. The lowest BCUT2D eigenvalue weighted by Crippen LogP contribution is -2.10. The van der Waals surface area contributed by atoms with Crippen molar-refractivity contribution >= 4 is 11.9 Å². The first-order valence-electron chi connectivity index (χ1n) is 9.95. The first-order chi connectivity index (χ1) is 14.6. The molecule has 0 amide bonds. The highest BCUT2D eigenvalue weighted by Gasteiger charge is 2.12. The van der Waals surface area contributed by atoms with Gasteiger partial charge in [-0.2, -0.15) is 0 Å². The maximum absolute atomic E-state index is 12.3. The Balaban J connectivity index is 1.57. The lowest BCUT2D eigenvalue weighted by molar-refractivity contribution is 0.0730. The van der Waals surface area contributed by atoms with Crippen LogP contribution in [-0.4, -0.2) is 18.5 Å². The van der Waals surface area contributed by atoms with Gasteiger partial charge in [0.05, 0.1) is 17.7 Å². The van der Waals surface area contributed by atoms with Crippen molar-refractivity contribution in [1.29, 1.82) is 0 Å². The zero-order valence-corrected chi connectivity index (χ0v) is 17.1. The molecule has 0 aliphatic carbocycles. The summed E-state index contributed by atoms with van der Waals surface area (Å²) in [6, 6.07) is 20.4. The number of carbonyl (C=O) groups excluding carboxylic acids is 2. The van der Waals surface area contributed by atoms with E-state index < -0.39 is 11.9 Å². The average Bonchev–Trinajstić information content (AvgIpc) is 2.79. The summed E-state index contributed by atoms with van der Waals surface area (Å²) >= 11 is 0. The molecular weight excluding hydrogens is 380 g/mol. The van der Waals surface area contributed by atoms with Gasteiger partial charge in [-0.1, -0.05) is 26.0 Å². The van der Waals surface area contributed by atoms with E-state index in [9.17, 15) is 9.59 Å². The van der Waals surface area contributed by atoms with Gasteiger partial charge >= 0.3 is 11.9 Å². The van der Waals surface area contributed by atoms with E-state index in [0.717, 1.165) is 12.8 Å². The fraction of sp³-hybridized carbons (Fsp3) is 0.200. The molecule has 30 heavy (non-hydrogen) atoms. The third-order valence-corrected chi connectivity index (χ3v) is 4.41. The van der Waals surface area contributed by atoms with Crippen molar-refractivity contribution in [3.8, 4) is 17.2 Å². The molecule has 0 radical (unpaired) electrons. The topological polar surface area (TPSA) is 61.8 Å². The Morgan fingerprint density at radius 2 is 1.07 bits per heavy atom. The molecule has 0 saturated heterocycles.